The quantitative estimate of drug-likeness (QED) is 0.552. The third kappa shape index (κ3) is 5.97. The lowest BCUT2D eigenvalue weighted by Crippen LogP contribution is -2.42. The van der Waals surface area contributed by atoms with Gasteiger partial charge in [-0.1, -0.05) is 61.0 Å². The van der Waals surface area contributed by atoms with Crippen molar-refractivity contribution in [3.05, 3.63) is 95.8 Å². The highest BCUT2D eigenvalue weighted by atomic mass is 16.5. The van der Waals surface area contributed by atoms with Gasteiger partial charge in [0, 0.05) is 25.7 Å². The summed E-state index contributed by atoms with van der Waals surface area (Å²) in [4.78, 5) is 18.5. The summed E-state index contributed by atoms with van der Waals surface area (Å²) < 4.78 is 5.98. The molecule has 2 amide bonds. The van der Waals surface area contributed by atoms with Crippen molar-refractivity contribution in [3.63, 3.8) is 0 Å². The van der Waals surface area contributed by atoms with E-state index in [1.165, 1.54) is 11.1 Å². The second-order valence-corrected chi connectivity index (χ2v) is 8.14. The van der Waals surface area contributed by atoms with Crippen LogP contribution in [-0.4, -0.2) is 35.6 Å². The van der Waals surface area contributed by atoms with Crippen molar-refractivity contribution in [2.75, 3.05) is 25.0 Å². The van der Waals surface area contributed by atoms with E-state index in [4.69, 9.17) is 4.74 Å². The van der Waals surface area contributed by atoms with Crippen LogP contribution in [-0.2, 0) is 6.42 Å². The highest BCUT2D eigenvalue weighted by molar-refractivity contribution is 5.89. The predicted octanol–water partition coefficient (Wildman–Crippen LogP) is 5.66. The molecule has 2 aromatic carbocycles. The molecule has 1 unspecified atom stereocenters. The van der Waals surface area contributed by atoms with Gasteiger partial charge in [-0.05, 0) is 47.7 Å². The minimum atomic E-state index is -0.0716. The van der Waals surface area contributed by atoms with E-state index in [9.17, 15) is 4.79 Å². The van der Waals surface area contributed by atoms with Gasteiger partial charge < -0.3 is 15.0 Å². The maximum Gasteiger partial charge on any atom is 0.321 e. The molecule has 2 heterocycles. The van der Waals surface area contributed by atoms with E-state index in [0.717, 1.165) is 29.8 Å². The van der Waals surface area contributed by atoms with E-state index in [2.05, 4.69) is 59.7 Å². The fourth-order valence-electron chi connectivity index (χ4n) is 3.93. The topological polar surface area (TPSA) is 54.5 Å². The molecule has 0 bridgehead atoms. The summed E-state index contributed by atoms with van der Waals surface area (Å²) in [5.41, 5.74) is 4.49. The molecule has 0 saturated carbocycles. The highest BCUT2D eigenvalue weighted by Gasteiger charge is 2.24. The second kappa shape index (κ2) is 10.6. The number of amides is 2. The molecule has 5 heteroatoms. The number of anilines is 1. The van der Waals surface area contributed by atoms with Crippen LogP contribution in [0.25, 0.3) is 6.08 Å². The number of hydrogen-bond donors (Lipinski definition) is 1. The predicted molar refractivity (Wildman–Crippen MR) is 129 cm³/mol. The largest absolute Gasteiger partial charge is 0.493 e. The van der Waals surface area contributed by atoms with Crippen molar-refractivity contribution in [2.45, 2.75) is 19.8 Å². The van der Waals surface area contributed by atoms with E-state index in [-0.39, 0.29) is 6.03 Å². The van der Waals surface area contributed by atoms with Crippen LogP contribution >= 0.6 is 0 Å². The molecule has 1 aliphatic rings. The summed E-state index contributed by atoms with van der Waals surface area (Å²) in [6, 6.07) is 22.2. The number of urea groups is 1. The zero-order valence-electron chi connectivity index (χ0n) is 18.4. The fourth-order valence-corrected chi connectivity index (χ4v) is 3.93. The molecule has 4 rings (SSSR count). The molecular formula is C27H29N3O2. The molecule has 32 heavy (non-hydrogen) atoms. The number of benzene rings is 2. The lowest BCUT2D eigenvalue weighted by Gasteiger charge is -2.33. The Kier molecular flexibility index (Phi) is 7.18. The average molecular weight is 428 g/mol. The van der Waals surface area contributed by atoms with Crippen molar-refractivity contribution in [1.29, 1.82) is 0 Å². The summed E-state index contributed by atoms with van der Waals surface area (Å²) >= 11 is 0. The molecule has 0 aliphatic carbocycles. The van der Waals surface area contributed by atoms with Crippen molar-refractivity contribution >= 4 is 17.8 Å². The van der Waals surface area contributed by atoms with Crippen LogP contribution in [0.2, 0.25) is 0 Å². The third-order valence-electron chi connectivity index (χ3n) is 5.71. The highest BCUT2D eigenvalue weighted by Crippen LogP contribution is 2.26. The van der Waals surface area contributed by atoms with Crippen LogP contribution in [0.5, 0.6) is 5.75 Å². The third-order valence-corrected chi connectivity index (χ3v) is 5.71. The summed E-state index contributed by atoms with van der Waals surface area (Å²) in [5.74, 6) is 1.18. The lowest BCUT2D eigenvalue weighted by molar-refractivity contribution is 0.198. The first kappa shape index (κ1) is 21.6. The maximum atomic E-state index is 12.6. The van der Waals surface area contributed by atoms with E-state index in [1.54, 1.807) is 12.4 Å². The summed E-state index contributed by atoms with van der Waals surface area (Å²) in [6.45, 7) is 4.23. The normalized spacial score (nSPS) is 17.2. The van der Waals surface area contributed by atoms with Crippen LogP contribution in [0.1, 0.15) is 24.5 Å². The van der Waals surface area contributed by atoms with Crippen LogP contribution in [0.15, 0.2) is 84.7 Å². The van der Waals surface area contributed by atoms with Gasteiger partial charge in [-0.3, -0.25) is 4.98 Å². The Morgan fingerprint density at radius 2 is 2.03 bits per heavy atom. The van der Waals surface area contributed by atoms with Crippen LogP contribution in [0, 0.1) is 5.92 Å². The van der Waals surface area contributed by atoms with E-state index >= 15 is 0 Å². The zero-order chi connectivity index (χ0) is 22.2. The first-order valence-electron chi connectivity index (χ1n) is 11.1. The molecule has 164 valence electrons. The molecule has 3 aromatic rings. The van der Waals surface area contributed by atoms with Crippen LogP contribution < -0.4 is 10.1 Å². The molecule has 1 aliphatic heterocycles. The van der Waals surface area contributed by atoms with Gasteiger partial charge in [-0.15, -0.1) is 0 Å². The van der Waals surface area contributed by atoms with Gasteiger partial charge in [0.05, 0.1) is 18.5 Å². The summed E-state index contributed by atoms with van der Waals surface area (Å²) in [5, 5.41) is 2.92. The summed E-state index contributed by atoms with van der Waals surface area (Å²) in [6.07, 6.45) is 7.34. The molecular weight excluding hydrogens is 398 g/mol. The number of nitrogens with one attached hydrogen (secondary N) is 1. The van der Waals surface area contributed by atoms with Gasteiger partial charge in [-0.2, -0.15) is 0 Å². The van der Waals surface area contributed by atoms with Gasteiger partial charge >= 0.3 is 6.03 Å². The number of piperidine rings is 1. The molecule has 1 atom stereocenters. The smallest absolute Gasteiger partial charge is 0.321 e. The molecule has 1 N–H and O–H groups in total. The minimum absolute atomic E-state index is 0.0716. The number of ether oxygens (including phenoxy) is 1. The van der Waals surface area contributed by atoms with E-state index < -0.39 is 0 Å². The van der Waals surface area contributed by atoms with Crippen molar-refractivity contribution < 1.29 is 9.53 Å². The Bertz CT molecular complexity index is 1050. The number of carbonyl (C=O) groups excluding carboxylic acids is 1. The first-order chi connectivity index (χ1) is 15.7. The number of likely N-dealkylation sites (tertiary alicyclic amines) is 1. The molecule has 5 nitrogen and oxygen atoms in total. The van der Waals surface area contributed by atoms with E-state index in [0.29, 0.717) is 25.6 Å². The Balaban J connectivity index is 1.32. The van der Waals surface area contributed by atoms with Crippen molar-refractivity contribution in [3.8, 4) is 5.75 Å². The Labute approximate surface area is 189 Å². The number of hydrogen-bond acceptors (Lipinski definition) is 3. The van der Waals surface area contributed by atoms with E-state index in [1.807, 2.05) is 35.2 Å². The molecule has 1 aromatic heterocycles. The van der Waals surface area contributed by atoms with Crippen LogP contribution in [0.4, 0.5) is 10.5 Å². The van der Waals surface area contributed by atoms with Gasteiger partial charge in [0.2, 0.25) is 0 Å². The number of carbonyl (C=O) groups is 1. The monoisotopic (exact) mass is 427 g/mol. The Morgan fingerprint density at radius 3 is 2.81 bits per heavy atom. The number of pyridine rings is 1. The maximum absolute atomic E-state index is 12.6. The van der Waals surface area contributed by atoms with Crippen molar-refractivity contribution in [1.82, 2.24) is 9.88 Å². The van der Waals surface area contributed by atoms with Gasteiger partial charge in [0.1, 0.15) is 5.75 Å². The molecule has 0 radical (unpaired) electrons. The number of rotatable bonds is 6. The Hall–Kier alpha value is -3.60. The molecule has 1 saturated heterocycles. The average Bonchev–Trinajstić information content (AvgIpc) is 2.82. The fraction of sp³-hybridized carbons (Fsp3) is 0.259. The SMILES string of the molecule is CC1CN(C(=O)Nc2cccnc2)CC/C1=C\c1cccc(OCCc2ccccc2)c1. The minimum Gasteiger partial charge on any atom is -0.493 e. The number of aromatic nitrogens is 1. The first-order valence-corrected chi connectivity index (χ1v) is 11.1. The molecule has 0 spiro atoms. The zero-order valence-corrected chi connectivity index (χ0v) is 18.4. The standard InChI is InChI=1S/C27H29N3O2/c1-21-20-30(27(31)29-25-10-6-14-28-19-25)15-12-24(21)17-23-9-5-11-26(18-23)32-16-13-22-7-3-2-4-8-22/h2-11,14,17-19,21H,12-13,15-16,20H2,1H3,(H,29,31)/b24-17+. The van der Waals surface area contributed by atoms with Gasteiger partial charge in [0.15, 0.2) is 0 Å². The van der Waals surface area contributed by atoms with Crippen LogP contribution in [0.3, 0.4) is 0 Å². The van der Waals surface area contributed by atoms with Gasteiger partial charge in [0.25, 0.3) is 0 Å². The Morgan fingerprint density at radius 1 is 1.16 bits per heavy atom. The van der Waals surface area contributed by atoms with Gasteiger partial charge in [-0.25, -0.2) is 4.79 Å². The second-order valence-electron chi connectivity index (χ2n) is 8.14. The lowest BCUT2D eigenvalue weighted by atomic mass is 9.91. The molecule has 1 fully saturated rings. The summed E-state index contributed by atoms with van der Waals surface area (Å²) in [7, 11) is 0. The number of nitrogens with zero attached hydrogens (tertiary/aromatic N) is 2. The van der Waals surface area contributed by atoms with Crippen molar-refractivity contribution in [2.24, 2.45) is 5.92 Å².